The van der Waals surface area contributed by atoms with Crippen LogP contribution in [0.15, 0.2) is 85.2 Å². The average molecular weight is 1820 g/mol. The van der Waals surface area contributed by atoms with Gasteiger partial charge in [-0.05, 0) is 106 Å². The van der Waals surface area contributed by atoms with Crippen molar-refractivity contribution in [2.24, 2.45) is 22.9 Å². The highest BCUT2D eigenvalue weighted by Gasteiger charge is 2.46. The number of phenols is 1. The number of aliphatic hydroxyl groups excluding tert-OH is 3. The van der Waals surface area contributed by atoms with E-state index in [4.69, 9.17) is 28.3 Å². The van der Waals surface area contributed by atoms with Crippen LogP contribution in [0.4, 0.5) is 0 Å². The Morgan fingerprint density at radius 3 is 1.71 bits per heavy atom. The van der Waals surface area contributed by atoms with Crippen LogP contribution >= 0.6 is 11.8 Å². The van der Waals surface area contributed by atoms with Crippen molar-refractivity contribution in [1.82, 2.24) is 93.0 Å². The maximum absolute atomic E-state index is 15.3. The van der Waals surface area contributed by atoms with Crippen molar-refractivity contribution >= 4 is 140 Å². The lowest BCUT2D eigenvalue weighted by molar-refractivity contribution is -0.146. The van der Waals surface area contributed by atoms with Crippen molar-refractivity contribution in [1.29, 1.82) is 5.41 Å². The van der Waals surface area contributed by atoms with Gasteiger partial charge in [0, 0.05) is 113 Å². The number of para-hydroxylation sites is 2. The number of unbranched alkanes of at least 4 members (excludes halogenated alkanes) is 1. The van der Waals surface area contributed by atoms with Gasteiger partial charge in [-0.15, -0.1) is 11.8 Å². The summed E-state index contributed by atoms with van der Waals surface area (Å²) in [7, 11) is 3.75. The number of phenolic OH excluding ortho intramolecular Hbond substituents is 1. The number of primary amides is 2. The van der Waals surface area contributed by atoms with Crippen molar-refractivity contribution in [3.8, 4) is 5.75 Å². The Morgan fingerprint density at radius 2 is 1.09 bits per heavy atom. The predicted octanol–water partition coefficient (Wildman–Crippen LogP) is -6.38. The maximum atomic E-state index is 15.3. The van der Waals surface area contributed by atoms with Crippen molar-refractivity contribution in [3.05, 3.63) is 102 Å². The fourth-order valence-electron chi connectivity index (χ4n) is 15.5. The second-order valence-electron chi connectivity index (χ2n) is 32.2. The normalized spacial score (nSPS) is 24.7. The Bertz CT molecular complexity index is 4860. The third-order valence-corrected chi connectivity index (χ3v) is 23.6. The minimum atomic E-state index is -1.90. The van der Waals surface area contributed by atoms with Gasteiger partial charge in [0.2, 0.25) is 100 Å². The van der Waals surface area contributed by atoms with Gasteiger partial charge < -0.3 is 136 Å². The van der Waals surface area contributed by atoms with Gasteiger partial charge in [0.1, 0.15) is 84.3 Å². The molecular weight excluding hydrogens is 1700 g/mol. The molecule has 1 unspecified atom stereocenters. The van der Waals surface area contributed by atoms with Crippen molar-refractivity contribution < 1.29 is 102 Å². The number of amides is 17. The molecule has 0 bridgehead atoms. The first-order valence-electron chi connectivity index (χ1n) is 42.5. The number of nitrogens with zero attached hydrogens (tertiary/aromatic N) is 5. The van der Waals surface area contributed by atoms with Crippen LogP contribution in [0, 0.1) is 5.41 Å². The van der Waals surface area contributed by atoms with Crippen LogP contribution in [-0.4, -0.2) is 331 Å². The van der Waals surface area contributed by atoms with Gasteiger partial charge in [-0.25, -0.2) is 0 Å². The van der Waals surface area contributed by atoms with Crippen molar-refractivity contribution in [2.45, 2.75) is 195 Å². The average Bonchev–Trinajstić information content (AvgIpc) is 1.74. The Kier molecular flexibility index (Phi) is 38.4. The lowest BCUT2D eigenvalue weighted by atomic mass is 10.0. The molecule has 702 valence electrons. The second kappa shape index (κ2) is 48.8. The van der Waals surface area contributed by atoms with Gasteiger partial charge in [0.25, 0.3) is 0 Å². The highest BCUT2D eigenvalue weighted by Crippen LogP contribution is 2.27. The molecule has 3 aliphatic rings. The number of benzene rings is 3. The van der Waals surface area contributed by atoms with Gasteiger partial charge in [-0.3, -0.25) is 86.9 Å². The number of aliphatic hydroxyl groups is 3. The fraction of sp³-hybridized carbons (Fsp3) is 0.524. The monoisotopic (exact) mass is 1820 g/mol. The second-order valence-corrected chi connectivity index (χ2v) is 33.2. The number of fused-ring (bicyclic) bond motifs is 4. The molecule has 129 heavy (non-hydrogen) atoms. The maximum Gasteiger partial charge on any atom is 0.246 e. The Balaban J connectivity index is 1.16. The molecule has 3 aliphatic heterocycles. The van der Waals surface area contributed by atoms with Gasteiger partial charge in [-0.2, -0.15) is 0 Å². The highest BCUT2D eigenvalue weighted by atomic mass is 32.2. The van der Waals surface area contributed by atoms with E-state index in [0.717, 1.165) is 36.3 Å². The highest BCUT2D eigenvalue weighted by molar-refractivity contribution is 8.00. The van der Waals surface area contributed by atoms with Crippen molar-refractivity contribution in [2.75, 3.05) is 85.1 Å². The number of nitrogens with one attached hydrogen (secondary N) is 14. The summed E-state index contributed by atoms with van der Waals surface area (Å²) in [6.07, 6.45) is -0.395. The number of carbonyl (C=O) groups is 17. The number of thioether (sulfide) groups is 1. The zero-order valence-electron chi connectivity index (χ0n) is 72.5. The molecule has 3 fully saturated rings. The smallest absolute Gasteiger partial charge is 0.246 e. The Hall–Kier alpha value is -13.0. The standard InChI is InChI=1S/C84H119N23O21S/c1-6-7-21-64-76(121)100-61(36-67(86)112)83(128)106-30-14-22-65(106)77(122)101-62(42-109)75(120)97-57(27-31-108)82(127)107-40-50(111)35-66(107)78(123)98-58(33-47-37-91-53-17-10-8-15-51(47)53)74(119)96-56(19-12-28-85)73(118)99-60(34-48-38-92-54-18-11-9-16-52(48)54)80(125)104(4)45(2)79(124)103(3)41-69(114)94-55(20-13-29-90-84(88)89)72(117)102-63(71(116)93-39-68(87)113)43-129-44-70(115)95-59(81(126)105(64)5)32-46-23-25-49(110)26-24-46/h8-11,15-18,23-26,37-38,45,50,55-66,91-92,108-111H,6-7,12-14,19-22,27-36,39-44,85H2,1-5H3,(H2,86,112)(H2,87,113)(H,93,116)(H,94,114)(H,95,115)(H,96,119)(H,97,120)(H,98,123)(H,99,118)(H,100,121)(H,101,122)(H,102,117)(H4,88,89,90)/t45-,50+,55-,56-,57-,58-,59-,60-,61-,62-,63?,64-,65-,66-/m0/s1. The summed E-state index contributed by atoms with van der Waals surface area (Å²) in [6.45, 7) is -1.03. The molecule has 44 nitrogen and oxygen atoms in total. The number of aromatic amines is 2. The topological polar surface area (TPSA) is 679 Å². The largest absolute Gasteiger partial charge is 0.508 e. The van der Waals surface area contributed by atoms with Crippen LogP contribution in [0.5, 0.6) is 5.75 Å². The van der Waals surface area contributed by atoms with Crippen LogP contribution in [0.25, 0.3) is 21.8 Å². The van der Waals surface area contributed by atoms with E-state index in [1.807, 2.05) is 0 Å². The zero-order chi connectivity index (χ0) is 94.5. The molecule has 0 saturated carbocycles. The van der Waals surface area contributed by atoms with Gasteiger partial charge in [0.15, 0.2) is 5.96 Å². The molecule has 0 aliphatic carbocycles. The molecule has 3 saturated heterocycles. The number of aromatic hydroxyl groups is 1. The summed E-state index contributed by atoms with van der Waals surface area (Å²) >= 11 is 0.749. The SMILES string of the molecule is CCCC[C@H]1C(=O)N[C@@H](CC(N)=O)C(=O)N2CCC[C@H]2C(=O)N[C@@H](CO)C(=O)N[C@@H](CCO)C(=O)N2C[C@H](O)C[C@H]2C(=O)N[C@@H](Cc2c[nH]c3ccccc23)C(=O)N[C@@H](CCCN)C(=O)N[C@@H](Cc2c[nH]c3ccccc23)C(=O)N(C)[C@@H](C)C(=O)N(C)CC(=O)N[C@@H](CCCNC(=N)N)C(=O)NC(C(=O)NCC(N)=O)CSCC(=O)N[C@@H](Cc2ccc(O)cc2)C(=O)N1C. The van der Waals surface area contributed by atoms with E-state index >= 15 is 24.0 Å². The minimum absolute atomic E-state index is 0.0148. The molecule has 2 aromatic heterocycles. The Labute approximate surface area is 747 Å². The van der Waals surface area contributed by atoms with E-state index in [1.165, 1.54) is 52.3 Å². The zero-order valence-corrected chi connectivity index (χ0v) is 73.3. The quantitative estimate of drug-likeness (QED) is 0.0155. The van der Waals surface area contributed by atoms with Crippen LogP contribution in [0.2, 0.25) is 0 Å². The predicted molar refractivity (Wildman–Crippen MR) is 470 cm³/mol. The van der Waals surface area contributed by atoms with Crippen LogP contribution in [0.1, 0.15) is 108 Å². The number of rotatable bonds is 24. The first-order valence-corrected chi connectivity index (χ1v) is 43.7. The Morgan fingerprint density at radius 1 is 0.550 bits per heavy atom. The lowest BCUT2D eigenvalue weighted by Crippen LogP contribution is -2.61. The van der Waals surface area contributed by atoms with Gasteiger partial charge >= 0.3 is 0 Å². The molecule has 45 heteroatoms. The third kappa shape index (κ3) is 28.7. The number of carbonyl (C=O) groups excluding carboxylic acids is 17. The molecule has 17 amide bonds. The van der Waals surface area contributed by atoms with E-state index in [2.05, 4.69) is 68.5 Å². The third-order valence-electron chi connectivity index (χ3n) is 22.6. The molecule has 5 aromatic rings. The first-order chi connectivity index (χ1) is 61.4. The van der Waals surface area contributed by atoms with Gasteiger partial charge in [-0.1, -0.05) is 68.3 Å². The van der Waals surface area contributed by atoms with Crippen molar-refractivity contribution in [3.63, 3.8) is 0 Å². The van der Waals surface area contributed by atoms with E-state index < -0.39 is 255 Å². The number of hydrogen-bond acceptors (Lipinski definition) is 24. The van der Waals surface area contributed by atoms with E-state index in [1.54, 1.807) is 67.8 Å². The molecule has 14 atom stereocenters. The van der Waals surface area contributed by atoms with Crippen LogP contribution < -0.4 is 81.4 Å². The number of H-pyrrole nitrogens is 2. The summed E-state index contributed by atoms with van der Waals surface area (Å²) in [5.41, 5.74) is 25.4. The number of aromatic nitrogens is 2. The first kappa shape index (κ1) is 101. The summed E-state index contributed by atoms with van der Waals surface area (Å²) in [5, 5.41) is 79.9. The lowest BCUT2D eigenvalue weighted by Gasteiger charge is -2.33. The molecule has 0 radical (unpaired) electrons. The molecule has 3 aromatic carbocycles. The van der Waals surface area contributed by atoms with E-state index in [9.17, 15) is 78.0 Å². The van der Waals surface area contributed by atoms with Crippen LogP contribution in [0.3, 0.4) is 0 Å². The summed E-state index contributed by atoms with van der Waals surface area (Å²) in [4.78, 5) is 257. The summed E-state index contributed by atoms with van der Waals surface area (Å²) in [6, 6.07) is -1.19. The van der Waals surface area contributed by atoms with E-state index in [-0.39, 0.29) is 96.0 Å². The molecule has 0 spiro atoms. The molecular formula is C84H119N23O21S. The summed E-state index contributed by atoms with van der Waals surface area (Å²) in [5.74, 6) is -18.3. The van der Waals surface area contributed by atoms with E-state index in [0.29, 0.717) is 44.9 Å². The number of nitrogens with two attached hydrogens (primary N) is 4. The molecule has 5 heterocycles. The number of likely N-dealkylation sites (N-methyl/N-ethyl adjacent to an activating group) is 3. The minimum Gasteiger partial charge on any atom is -0.508 e. The van der Waals surface area contributed by atoms with Crippen LogP contribution in [-0.2, 0) is 101 Å². The number of guanidine groups is 1. The fourth-order valence-corrected chi connectivity index (χ4v) is 16.4. The summed E-state index contributed by atoms with van der Waals surface area (Å²) < 4.78 is 0. The molecule has 8 rings (SSSR count). The molecule has 26 N–H and O–H groups in total. The van der Waals surface area contributed by atoms with Gasteiger partial charge in [0.05, 0.1) is 38.0 Å². The number of hydrogen-bond donors (Lipinski definition) is 22.